The summed E-state index contributed by atoms with van der Waals surface area (Å²) in [6.45, 7) is 5.04. The molecule has 2 aromatic carbocycles. The molecule has 3 aromatic rings. The molecule has 0 aliphatic heterocycles. The van der Waals surface area contributed by atoms with E-state index >= 15 is 0 Å². The summed E-state index contributed by atoms with van der Waals surface area (Å²) in [5, 5.41) is 9.74. The minimum absolute atomic E-state index is 0.00624. The van der Waals surface area contributed by atoms with E-state index in [0.29, 0.717) is 6.42 Å². The molecule has 3 rings (SSSR count). The zero-order chi connectivity index (χ0) is 24.5. The van der Waals surface area contributed by atoms with Crippen molar-refractivity contribution in [3.8, 4) is 11.5 Å². The molecule has 0 saturated carbocycles. The maximum Gasteiger partial charge on any atom is 0.573 e. The average Bonchev–Trinajstić information content (AvgIpc) is 3.01. The van der Waals surface area contributed by atoms with Crippen molar-refractivity contribution in [2.75, 3.05) is 0 Å². The zero-order valence-corrected chi connectivity index (χ0v) is 18.0. The average molecular weight is 467 g/mol. The third kappa shape index (κ3) is 5.10. The maximum atomic E-state index is 14.9. The van der Waals surface area contributed by atoms with E-state index in [-0.39, 0.29) is 40.2 Å². The Labute approximate surface area is 186 Å². The molecule has 0 spiro atoms. The number of esters is 1. The molecule has 0 radical (unpaired) electrons. The molecule has 0 aliphatic rings. The highest BCUT2D eigenvalue weighted by Crippen LogP contribution is 2.34. The Kier molecular flexibility index (Phi) is 6.66. The summed E-state index contributed by atoms with van der Waals surface area (Å²) < 4.78 is 62.2. The molecule has 6 nitrogen and oxygen atoms in total. The summed E-state index contributed by atoms with van der Waals surface area (Å²) in [6, 6.07) is 6.65. The summed E-state index contributed by atoms with van der Waals surface area (Å²) in [4.78, 5) is 25.6. The van der Waals surface area contributed by atoms with Gasteiger partial charge in [0.1, 0.15) is 5.75 Å². The molecule has 0 bridgehead atoms. The molecule has 1 N–H and O–H groups in total. The van der Waals surface area contributed by atoms with E-state index in [1.807, 2.05) is 6.92 Å². The summed E-state index contributed by atoms with van der Waals surface area (Å²) in [5.74, 6) is -3.45. The van der Waals surface area contributed by atoms with Gasteiger partial charge in [0, 0.05) is 16.6 Å². The maximum absolute atomic E-state index is 14.9. The number of halogens is 4. The van der Waals surface area contributed by atoms with E-state index in [0.717, 1.165) is 34.9 Å². The van der Waals surface area contributed by atoms with Crippen LogP contribution >= 0.6 is 0 Å². The number of hydrogen-bond acceptors (Lipinski definition) is 5. The van der Waals surface area contributed by atoms with Crippen LogP contribution in [0.5, 0.6) is 11.5 Å². The number of phenolic OH excluding ortho intramolecular Hbond substituents is 1. The van der Waals surface area contributed by atoms with Gasteiger partial charge in [0.2, 0.25) is 0 Å². The van der Waals surface area contributed by atoms with Crippen LogP contribution in [0.2, 0.25) is 0 Å². The number of ether oxygens (including phenoxy) is 2. The number of fused-ring (bicyclic) bond motifs is 1. The van der Waals surface area contributed by atoms with E-state index in [4.69, 9.17) is 4.74 Å². The van der Waals surface area contributed by atoms with Gasteiger partial charge in [0.05, 0.1) is 18.0 Å². The van der Waals surface area contributed by atoms with Crippen molar-refractivity contribution in [3.63, 3.8) is 0 Å². The molecule has 33 heavy (non-hydrogen) atoms. The minimum Gasteiger partial charge on any atom is -0.505 e. The largest absolute Gasteiger partial charge is 0.573 e. The van der Waals surface area contributed by atoms with Gasteiger partial charge in [-0.1, -0.05) is 6.92 Å². The molecular weight excluding hydrogens is 446 g/mol. The molecule has 0 saturated heterocycles. The van der Waals surface area contributed by atoms with Crippen LogP contribution < -0.4 is 4.74 Å². The molecule has 0 aliphatic carbocycles. The van der Waals surface area contributed by atoms with Crippen LogP contribution in [0, 0.1) is 12.7 Å². The number of phenols is 1. The second-order valence-electron chi connectivity index (χ2n) is 7.46. The molecule has 1 atom stereocenters. The third-order valence-electron chi connectivity index (χ3n) is 5.18. The first kappa shape index (κ1) is 24.1. The second-order valence-corrected chi connectivity index (χ2v) is 7.46. The SMILES string of the molecule is CC[C@@H](C)OC(=O)Cc1c(C)n(C(=O)c2ccc(OC(F)(F)F)cc2)c2ccc(O)c(F)c12. The lowest BCUT2D eigenvalue weighted by Gasteiger charge is -2.11. The van der Waals surface area contributed by atoms with Gasteiger partial charge in [0.15, 0.2) is 11.6 Å². The number of alkyl halides is 3. The zero-order valence-electron chi connectivity index (χ0n) is 18.0. The lowest BCUT2D eigenvalue weighted by atomic mass is 10.1. The highest BCUT2D eigenvalue weighted by Gasteiger charge is 2.31. The van der Waals surface area contributed by atoms with Crippen molar-refractivity contribution in [3.05, 3.63) is 59.0 Å². The number of aromatic nitrogens is 1. The van der Waals surface area contributed by atoms with Crippen LogP contribution in [0.15, 0.2) is 36.4 Å². The Hall–Kier alpha value is -3.56. The lowest BCUT2D eigenvalue weighted by Crippen LogP contribution is -2.18. The third-order valence-corrected chi connectivity index (χ3v) is 5.18. The number of aromatic hydroxyl groups is 1. The molecule has 0 amide bonds. The van der Waals surface area contributed by atoms with Gasteiger partial charge < -0.3 is 14.6 Å². The molecule has 10 heteroatoms. The Balaban J connectivity index is 2.06. The number of rotatable bonds is 6. The molecule has 176 valence electrons. The van der Waals surface area contributed by atoms with Crippen LogP contribution in [0.25, 0.3) is 10.9 Å². The van der Waals surface area contributed by atoms with E-state index in [9.17, 15) is 32.3 Å². The fourth-order valence-corrected chi connectivity index (χ4v) is 3.42. The molecule has 0 fully saturated rings. The predicted octanol–water partition coefficient (Wildman–Crippen LogP) is 5.27. The van der Waals surface area contributed by atoms with Crippen LogP contribution in [-0.4, -0.2) is 34.0 Å². The number of carbonyl (C=O) groups is 2. The molecule has 1 heterocycles. The first-order valence-corrected chi connectivity index (χ1v) is 10.0. The van der Waals surface area contributed by atoms with Crippen LogP contribution in [-0.2, 0) is 16.0 Å². The predicted molar refractivity (Wildman–Crippen MR) is 111 cm³/mol. The van der Waals surface area contributed by atoms with Crippen molar-refractivity contribution in [2.24, 2.45) is 0 Å². The fraction of sp³-hybridized carbons (Fsp3) is 0.304. The first-order valence-electron chi connectivity index (χ1n) is 10.0. The van der Waals surface area contributed by atoms with Gasteiger partial charge in [-0.15, -0.1) is 13.2 Å². The van der Waals surface area contributed by atoms with Gasteiger partial charge in [-0.05, 0) is 62.2 Å². The van der Waals surface area contributed by atoms with Crippen molar-refractivity contribution < 1.29 is 41.7 Å². The topological polar surface area (TPSA) is 77.8 Å². The number of benzene rings is 2. The van der Waals surface area contributed by atoms with E-state index in [2.05, 4.69) is 4.74 Å². The van der Waals surface area contributed by atoms with Crippen LogP contribution in [0.1, 0.15) is 41.9 Å². The van der Waals surface area contributed by atoms with Gasteiger partial charge in [-0.25, -0.2) is 4.39 Å². The first-order chi connectivity index (χ1) is 15.4. The van der Waals surface area contributed by atoms with Crippen molar-refractivity contribution in [2.45, 2.75) is 46.1 Å². The Bertz CT molecular complexity index is 1200. The normalized spacial score (nSPS) is 12.6. The summed E-state index contributed by atoms with van der Waals surface area (Å²) in [6.07, 6.45) is -5.00. The molecule has 1 aromatic heterocycles. The van der Waals surface area contributed by atoms with E-state index in [1.54, 1.807) is 6.92 Å². The lowest BCUT2D eigenvalue weighted by molar-refractivity contribution is -0.274. The van der Waals surface area contributed by atoms with Gasteiger partial charge in [-0.3, -0.25) is 14.2 Å². The second kappa shape index (κ2) is 9.13. The van der Waals surface area contributed by atoms with Crippen molar-refractivity contribution >= 4 is 22.8 Å². The molecular formula is C23H21F4NO5. The number of nitrogens with zero attached hydrogens (tertiary/aromatic N) is 1. The minimum atomic E-state index is -4.88. The Morgan fingerprint density at radius 1 is 1.12 bits per heavy atom. The van der Waals surface area contributed by atoms with E-state index < -0.39 is 35.6 Å². The highest BCUT2D eigenvalue weighted by atomic mass is 19.4. The van der Waals surface area contributed by atoms with Crippen molar-refractivity contribution in [1.29, 1.82) is 0 Å². The number of carbonyl (C=O) groups excluding carboxylic acids is 2. The quantitative estimate of drug-likeness (QED) is 0.395. The fourth-order valence-electron chi connectivity index (χ4n) is 3.42. The summed E-state index contributed by atoms with van der Waals surface area (Å²) >= 11 is 0. The van der Waals surface area contributed by atoms with Crippen LogP contribution in [0.3, 0.4) is 0 Å². The smallest absolute Gasteiger partial charge is 0.505 e. The number of hydrogen-bond donors (Lipinski definition) is 1. The standard InChI is InChI=1S/C23H21F4NO5/c1-4-12(2)32-19(30)11-16-13(3)28(17-9-10-18(29)21(24)20(16)17)22(31)14-5-7-15(8-6-14)33-23(25,26)27/h5-10,12,29H,4,11H2,1-3H3/t12-/m1/s1. The van der Waals surface area contributed by atoms with Gasteiger partial charge in [0.25, 0.3) is 5.91 Å². The van der Waals surface area contributed by atoms with Crippen LogP contribution in [0.4, 0.5) is 17.6 Å². The van der Waals surface area contributed by atoms with Gasteiger partial charge >= 0.3 is 12.3 Å². The Morgan fingerprint density at radius 2 is 1.76 bits per heavy atom. The Morgan fingerprint density at radius 3 is 2.33 bits per heavy atom. The van der Waals surface area contributed by atoms with Gasteiger partial charge in [-0.2, -0.15) is 0 Å². The monoisotopic (exact) mass is 467 g/mol. The highest BCUT2D eigenvalue weighted by molar-refractivity contribution is 6.05. The molecule has 0 unspecified atom stereocenters. The van der Waals surface area contributed by atoms with E-state index in [1.165, 1.54) is 13.0 Å². The summed E-state index contributed by atoms with van der Waals surface area (Å²) in [5.41, 5.74) is 0.495. The summed E-state index contributed by atoms with van der Waals surface area (Å²) in [7, 11) is 0. The van der Waals surface area contributed by atoms with Crippen molar-refractivity contribution in [1.82, 2.24) is 4.57 Å².